The molecule has 20 heavy (non-hydrogen) atoms. The molecule has 1 saturated heterocycles. The molecule has 0 aromatic heterocycles. The predicted molar refractivity (Wildman–Crippen MR) is 74.2 cm³/mol. The standard InChI is InChI=1S/C15H25NO4/c1-10-3-6-15(7-4-10,14(18)19)9-16-13(17)12-5-8-20-11(12)2/h10-12H,3-9H2,1-2H3,(H,16,17)(H,18,19). The highest BCUT2D eigenvalue weighted by atomic mass is 16.5. The molecule has 2 unspecified atom stereocenters. The highest BCUT2D eigenvalue weighted by Crippen LogP contribution is 2.38. The summed E-state index contributed by atoms with van der Waals surface area (Å²) in [5.74, 6) is -0.389. The summed E-state index contributed by atoms with van der Waals surface area (Å²) in [6.07, 6.45) is 3.81. The van der Waals surface area contributed by atoms with Crippen LogP contribution in [-0.4, -0.2) is 36.2 Å². The highest BCUT2D eigenvalue weighted by molar-refractivity contribution is 5.81. The van der Waals surface area contributed by atoms with Gasteiger partial charge < -0.3 is 15.2 Å². The molecule has 0 aromatic rings. The van der Waals surface area contributed by atoms with Gasteiger partial charge in [0.25, 0.3) is 0 Å². The number of aliphatic carboxylic acids is 1. The van der Waals surface area contributed by atoms with Crippen LogP contribution in [0.4, 0.5) is 0 Å². The highest BCUT2D eigenvalue weighted by Gasteiger charge is 2.42. The third-order valence-corrected chi connectivity index (χ3v) is 5.00. The topological polar surface area (TPSA) is 75.6 Å². The van der Waals surface area contributed by atoms with Crippen molar-refractivity contribution in [3.63, 3.8) is 0 Å². The van der Waals surface area contributed by atoms with Gasteiger partial charge in [0.15, 0.2) is 0 Å². The van der Waals surface area contributed by atoms with Crippen LogP contribution >= 0.6 is 0 Å². The summed E-state index contributed by atoms with van der Waals surface area (Å²) < 4.78 is 5.39. The average molecular weight is 283 g/mol. The molecule has 2 rings (SSSR count). The first-order chi connectivity index (χ1) is 9.44. The molecule has 1 aliphatic carbocycles. The Hall–Kier alpha value is -1.10. The van der Waals surface area contributed by atoms with Crippen LogP contribution < -0.4 is 5.32 Å². The number of nitrogens with one attached hydrogen (secondary N) is 1. The van der Waals surface area contributed by atoms with Gasteiger partial charge in [-0.2, -0.15) is 0 Å². The Labute approximate surface area is 120 Å². The van der Waals surface area contributed by atoms with Gasteiger partial charge in [0, 0.05) is 13.2 Å². The number of carboxylic acid groups (broad SMARTS) is 1. The van der Waals surface area contributed by atoms with E-state index in [9.17, 15) is 14.7 Å². The van der Waals surface area contributed by atoms with Crippen LogP contribution in [0, 0.1) is 17.3 Å². The Morgan fingerprint density at radius 3 is 2.40 bits per heavy atom. The molecular formula is C15H25NO4. The smallest absolute Gasteiger partial charge is 0.311 e. The van der Waals surface area contributed by atoms with Crippen molar-refractivity contribution in [3.05, 3.63) is 0 Å². The zero-order valence-corrected chi connectivity index (χ0v) is 12.4. The minimum absolute atomic E-state index is 0.0609. The second-order valence-corrected chi connectivity index (χ2v) is 6.46. The maximum Gasteiger partial charge on any atom is 0.311 e. The van der Waals surface area contributed by atoms with Gasteiger partial charge in [-0.25, -0.2) is 0 Å². The molecule has 1 saturated carbocycles. The Morgan fingerprint density at radius 2 is 1.90 bits per heavy atom. The molecule has 1 heterocycles. The molecule has 5 heteroatoms. The van der Waals surface area contributed by atoms with E-state index in [4.69, 9.17) is 4.74 Å². The SMILES string of the molecule is CC1CCC(CNC(=O)C2CCOC2C)(C(=O)O)CC1. The fraction of sp³-hybridized carbons (Fsp3) is 0.867. The zero-order chi connectivity index (χ0) is 14.8. The van der Waals surface area contributed by atoms with E-state index in [0.29, 0.717) is 25.4 Å². The Kier molecular flexibility index (Phi) is 4.68. The minimum Gasteiger partial charge on any atom is -0.481 e. The Bertz CT molecular complexity index is 374. The molecular weight excluding hydrogens is 258 g/mol. The van der Waals surface area contributed by atoms with E-state index in [1.54, 1.807) is 0 Å². The van der Waals surface area contributed by atoms with Crippen LogP contribution in [0.2, 0.25) is 0 Å². The molecule has 0 bridgehead atoms. The monoisotopic (exact) mass is 283 g/mol. The summed E-state index contributed by atoms with van der Waals surface area (Å²) in [7, 11) is 0. The van der Waals surface area contributed by atoms with Crippen LogP contribution in [-0.2, 0) is 14.3 Å². The van der Waals surface area contributed by atoms with E-state index in [-0.39, 0.29) is 24.5 Å². The van der Waals surface area contributed by atoms with Gasteiger partial charge in [0.05, 0.1) is 17.4 Å². The fourth-order valence-corrected chi connectivity index (χ4v) is 3.24. The average Bonchev–Trinajstić information content (AvgIpc) is 2.84. The number of carbonyl (C=O) groups is 2. The van der Waals surface area contributed by atoms with Gasteiger partial charge in [-0.3, -0.25) is 9.59 Å². The molecule has 1 aliphatic heterocycles. The van der Waals surface area contributed by atoms with Crippen molar-refractivity contribution in [2.75, 3.05) is 13.2 Å². The normalized spacial score (nSPS) is 37.6. The summed E-state index contributed by atoms with van der Waals surface area (Å²) in [5, 5.41) is 12.4. The first-order valence-corrected chi connectivity index (χ1v) is 7.57. The van der Waals surface area contributed by atoms with Crippen molar-refractivity contribution < 1.29 is 19.4 Å². The number of carboxylic acids is 1. The molecule has 0 spiro atoms. The van der Waals surface area contributed by atoms with Crippen LogP contribution in [0.1, 0.15) is 46.0 Å². The quantitative estimate of drug-likeness (QED) is 0.825. The molecule has 114 valence electrons. The molecule has 2 N–H and O–H groups in total. The van der Waals surface area contributed by atoms with Crippen LogP contribution in [0.15, 0.2) is 0 Å². The van der Waals surface area contributed by atoms with Crippen molar-refractivity contribution in [3.8, 4) is 0 Å². The van der Waals surface area contributed by atoms with Gasteiger partial charge in [-0.15, -0.1) is 0 Å². The largest absolute Gasteiger partial charge is 0.481 e. The van der Waals surface area contributed by atoms with Crippen LogP contribution in [0.25, 0.3) is 0 Å². The van der Waals surface area contributed by atoms with Crippen LogP contribution in [0.3, 0.4) is 0 Å². The summed E-state index contributed by atoms with van der Waals surface area (Å²) in [4.78, 5) is 23.7. The molecule has 2 fully saturated rings. The number of hydrogen-bond donors (Lipinski definition) is 2. The summed E-state index contributed by atoms with van der Waals surface area (Å²) in [5.41, 5.74) is -0.773. The maximum absolute atomic E-state index is 12.1. The number of rotatable bonds is 4. The number of hydrogen-bond acceptors (Lipinski definition) is 3. The molecule has 1 amide bonds. The van der Waals surface area contributed by atoms with E-state index in [2.05, 4.69) is 12.2 Å². The lowest BCUT2D eigenvalue weighted by Crippen LogP contribution is -2.47. The van der Waals surface area contributed by atoms with Gasteiger partial charge in [-0.05, 0) is 44.9 Å². The fourth-order valence-electron chi connectivity index (χ4n) is 3.24. The van der Waals surface area contributed by atoms with E-state index >= 15 is 0 Å². The third-order valence-electron chi connectivity index (χ3n) is 5.00. The third kappa shape index (κ3) is 3.14. The summed E-state index contributed by atoms with van der Waals surface area (Å²) in [6.45, 7) is 4.91. The maximum atomic E-state index is 12.1. The molecule has 0 aromatic carbocycles. The predicted octanol–water partition coefficient (Wildman–Crippen LogP) is 1.81. The van der Waals surface area contributed by atoms with E-state index < -0.39 is 11.4 Å². The van der Waals surface area contributed by atoms with E-state index in [0.717, 1.165) is 19.3 Å². The Morgan fingerprint density at radius 1 is 1.25 bits per heavy atom. The van der Waals surface area contributed by atoms with Gasteiger partial charge in [0.1, 0.15) is 0 Å². The Balaban J connectivity index is 1.92. The van der Waals surface area contributed by atoms with Crippen molar-refractivity contribution in [2.24, 2.45) is 17.3 Å². The first-order valence-electron chi connectivity index (χ1n) is 7.57. The lowest BCUT2D eigenvalue weighted by atomic mass is 9.70. The number of amides is 1. The zero-order valence-electron chi connectivity index (χ0n) is 12.4. The molecule has 2 aliphatic rings. The van der Waals surface area contributed by atoms with Gasteiger partial charge in [0.2, 0.25) is 5.91 Å². The summed E-state index contributed by atoms with van der Waals surface area (Å²) in [6, 6.07) is 0. The number of carbonyl (C=O) groups excluding carboxylic acids is 1. The summed E-state index contributed by atoms with van der Waals surface area (Å²) >= 11 is 0. The van der Waals surface area contributed by atoms with E-state index in [1.165, 1.54) is 0 Å². The minimum atomic E-state index is -0.777. The van der Waals surface area contributed by atoms with Crippen molar-refractivity contribution in [2.45, 2.75) is 52.1 Å². The lowest BCUT2D eigenvalue weighted by molar-refractivity contribution is -0.151. The molecule has 2 atom stereocenters. The van der Waals surface area contributed by atoms with Crippen molar-refractivity contribution in [1.82, 2.24) is 5.32 Å². The first kappa shape index (κ1) is 15.3. The molecule has 5 nitrogen and oxygen atoms in total. The van der Waals surface area contributed by atoms with Gasteiger partial charge in [-0.1, -0.05) is 6.92 Å². The van der Waals surface area contributed by atoms with Gasteiger partial charge >= 0.3 is 5.97 Å². The van der Waals surface area contributed by atoms with E-state index in [1.807, 2.05) is 6.92 Å². The van der Waals surface area contributed by atoms with Crippen molar-refractivity contribution in [1.29, 1.82) is 0 Å². The van der Waals surface area contributed by atoms with Crippen molar-refractivity contribution >= 4 is 11.9 Å². The van der Waals surface area contributed by atoms with Crippen LogP contribution in [0.5, 0.6) is 0 Å². The number of ether oxygens (including phenoxy) is 1. The lowest BCUT2D eigenvalue weighted by Gasteiger charge is -2.36. The molecule has 0 radical (unpaired) electrons. The second-order valence-electron chi connectivity index (χ2n) is 6.46. The second kappa shape index (κ2) is 6.12.